The quantitative estimate of drug-likeness (QED) is 0.354. The van der Waals surface area contributed by atoms with Gasteiger partial charge < -0.3 is 20.9 Å². The van der Waals surface area contributed by atoms with Gasteiger partial charge in [-0.3, -0.25) is 24.2 Å². The highest BCUT2D eigenvalue weighted by molar-refractivity contribution is 6.39. The van der Waals surface area contributed by atoms with Gasteiger partial charge in [0.25, 0.3) is 0 Å². The van der Waals surface area contributed by atoms with Gasteiger partial charge in [0.1, 0.15) is 0 Å². The first-order valence-electron chi connectivity index (χ1n) is 9.84. The average Bonchev–Trinajstić information content (AvgIpc) is 2.82. The Morgan fingerprint density at radius 2 is 1.74 bits per heavy atom. The van der Waals surface area contributed by atoms with Crippen molar-refractivity contribution in [2.45, 2.75) is 0 Å². The van der Waals surface area contributed by atoms with E-state index in [0.717, 1.165) is 0 Å². The molecule has 2 heterocycles. The SMILES string of the molecule is O=C(NCC(=O)N1CCNCC1)C(=O)Nc1ccc(C(=O)/C=C/c2ccccn2)cc1. The number of allylic oxidation sites excluding steroid dienone is 1. The van der Waals surface area contributed by atoms with Gasteiger partial charge in [-0.15, -0.1) is 0 Å². The van der Waals surface area contributed by atoms with E-state index in [1.54, 1.807) is 41.4 Å². The van der Waals surface area contributed by atoms with E-state index >= 15 is 0 Å². The average molecular weight is 421 g/mol. The highest BCUT2D eigenvalue weighted by Gasteiger charge is 2.19. The molecule has 0 bridgehead atoms. The summed E-state index contributed by atoms with van der Waals surface area (Å²) in [5.41, 5.74) is 1.45. The molecule has 31 heavy (non-hydrogen) atoms. The first kappa shape index (κ1) is 21.8. The number of aromatic nitrogens is 1. The van der Waals surface area contributed by atoms with E-state index in [2.05, 4.69) is 20.9 Å². The fourth-order valence-electron chi connectivity index (χ4n) is 2.90. The van der Waals surface area contributed by atoms with E-state index in [1.807, 2.05) is 6.07 Å². The second-order valence-corrected chi connectivity index (χ2v) is 6.80. The number of benzene rings is 1. The lowest BCUT2D eigenvalue weighted by molar-refractivity contribution is -0.138. The van der Waals surface area contributed by atoms with Gasteiger partial charge in [0.2, 0.25) is 5.91 Å². The highest BCUT2D eigenvalue weighted by Crippen LogP contribution is 2.11. The summed E-state index contributed by atoms with van der Waals surface area (Å²) in [7, 11) is 0. The van der Waals surface area contributed by atoms with Gasteiger partial charge in [-0.2, -0.15) is 0 Å². The molecule has 1 fully saturated rings. The standard InChI is InChI=1S/C22H23N5O4/c28-19(9-8-17-3-1-2-10-24-17)16-4-6-18(7-5-16)26-22(31)21(30)25-15-20(29)27-13-11-23-12-14-27/h1-10,23H,11-15H2,(H,25,30)(H,26,31)/b9-8+. The minimum Gasteiger partial charge on any atom is -0.339 e. The predicted molar refractivity (Wildman–Crippen MR) is 115 cm³/mol. The van der Waals surface area contributed by atoms with Crippen LogP contribution in [0.15, 0.2) is 54.7 Å². The maximum absolute atomic E-state index is 12.2. The lowest BCUT2D eigenvalue weighted by atomic mass is 10.1. The number of nitrogens with zero attached hydrogens (tertiary/aromatic N) is 2. The molecule has 9 heteroatoms. The van der Waals surface area contributed by atoms with Gasteiger partial charge in [-0.25, -0.2) is 0 Å². The van der Waals surface area contributed by atoms with Gasteiger partial charge in [0.05, 0.1) is 12.2 Å². The van der Waals surface area contributed by atoms with Crippen LogP contribution in [0.5, 0.6) is 0 Å². The number of rotatable bonds is 6. The van der Waals surface area contributed by atoms with E-state index < -0.39 is 11.8 Å². The number of carbonyl (C=O) groups is 4. The maximum Gasteiger partial charge on any atom is 0.313 e. The summed E-state index contributed by atoms with van der Waals surface area (Å²) >= 11 is 0. The molecule has 0 aliphatic carbocycles. The van der Waals surface area contributed by atoms with Crippen LogP contribution < -0.4 is 16.0 Å². The fraction of sp³-hybridized carbons (Fsp3) is 0.227. The predicted octanol–water partition coefficient (Wildman–Crippen LogP) is 0.464. The second-order valence-electron chi connectivity index (χ2n) is 6.80. The van der Waals surface area contributed by atoms with Crippen molar-refractivity contribution in [2.24, 2.45) is 0 Å². The molecular formula is C22H23N5O4. The summed E-state index contributed by atoms with van der Waals surface area (Å²) in [6.45, 7) is 2.32. The molecule has 160 valence electrons. The van der Waals surface area contributed by atoms with Crippen LogP contribution in [0.4, 0.5) is 5.69 Å². The number of ketones is 1. The number of hydrogen-bond donors (Lipinski definition) is 3. The molecule has 2 aromatic rings. The Bertz CT molecular complexity index is 967. The van der Waals surface area contributed by atoms with Crippen LogP contribution in [0.1, 0.15) is 16.1 Å². The third-order valence-electron chi connectivity index (χ3n) is 4.60. The third-order valence-corrected chi connectivity index (χ3v) is 4.60. The molecule has 1 aliphatic heterocycles. The zero-order chi connectivity index (χ0) is 22.1. The van der Waals surface area contributed by atoms with Crippen molar-refractivity contribution < 1.29 is 19.2 Å². The molecule has 0 unspecified atom stereocenters. The molecule has 3 rings (SSSR count). The van der Waals surface area contributed by atoms with E-state index in [4.69, 9.17) is 0 Å². The minimum absolute atomic E-state index is 0.215. The lowest BCUT2D eigenvalue weighted by Crippen LogP contribution is -2.50. The zero-order valence-electron chi connectivity index (χ0n) is 16.8. The van der Waals surface area contributed by atoms with Crippen LogP contribution in [0.3, 0.4) is 0 Å². The lowest BCUT2D eigenvalue weighted by Gasteiger charge is -2.27. The van der Waals surface area contributed by atoms with Gasteiger partial charge in [0.15, 0.2) is 5.78 Å². The van der Waals surface area contributed by atoms with Gasteiger partial charge in [-0.05, 0) is 48.6 Å². The number of carbonyl (C=O) groups excluding carboxylic acids is 4. The highest BCUT2D eigenvalue weighted by atomic mass is 16.2. The van der Waals surface area contributed by atoms with Crippen LogP contribution in [-0.4, -0.2) is 66.1 Å². The molecule has 1 aromatic carbocycles. The van der Waals surface area contributed by atoms with Crippen molar-refractivity contribution in [3.8, 4) is 0 Å². The first-order valence-corrected chi connectivity index (χ1v) is 9.84. The molecule has 0 radical (unpaired) electrons. The summed E-state index contributed by atoms with van der Waals surface area (Å²) < 4.78 is 0. The number of hydrogen-bond acceptors (Lipinski definition) is 6. The topological polar surface area (TPSA) is 121 Å². The summed E-state index contributed by atoms with van der Waals surface area (Å²) in [4.78, 5) is 54.0. The summed E-state index contributed by atoms with van der Waals surface area (Å²) in [6, 6.07) is 11.5. The van der Waals surface area contributed by atoms with Crippen LogP contribution in [-0.2, 0) is 14.4 Å². The zero-order valence-corrected chi connectivity index (χ0v) is 16.8. The first-order chi connectivity index (χ1) is 15.0. The Balaban J connectivity index is 1.47. The molecular weight excluding hydrogens is 398 g/mol. The Labute approximate surface area is 179 Å². The van der Waals surface area contributed by atoms with Crippen molar-refractivity contribution in [3.63, 3.8) is 0 Å². The molecule has 3 amide bonds. The molecule has 1 saturated heterocycles. The Hall–Kier alpha value is -3.85. The minimum atomic E-state index is -0.901. The Kier molecular flexibility index (Phi) is 7.61. The van der Waals surface area contributed by atoms with Crippen molar-refractivity contribution in [2.75, 3.05) is 38.0 Å². The Morgan fingerprint density at radius 1 is 1.00 bits per heavy atom. The van der Waals surface area contributed by atoms with Crippen LogP contribution in [0.2, 0.25) is 0 Å². The fourth-order valence-corrected chi connectivity index (χ4v) is 2.90. The van der Waals surface area contributed by atoms with Crippen molar-refractivity contribution >= 4 is 35.3 Å². The molecule has 1 aromatic heterocycles. The smallest absolute Gasteiger partial charge is 0.313 e. The normalized spacial score (nSPS) is 13.6. The van der Waals surface area contributed by atoms with Gasteiger partial charge >= 0.3 is 11.8 Å². The molecule has 3 N–H and O–H groups in total. The number of amides is 3. The molecule has 9 nitrogen and oxygen atoms in total. The molecule has 1 aliphatic rings. The molecule has 0 saturated carbocycles. The van der Waals surface area contributed by atoms with Crippen molar-refractivity contribution in [1.29, 1.82) is 0 Å². The number of nitrogens with one attached hydrogen (secondary N) is 3. The summed E-state index contributed by atoms with van der Waals surface area (Å²) in [5, 5.41) is 7.91. The van der Waals surface area contributed by atoms with Crippen LogP contribution >= 0.6 is 0 Å². The second kappa shape index (κ2) is 10.8. The largest absolute Gasteiger partial charge is 0.339 e. The van der Waals surface area contributed by atoms with E-state index in [-0.39, 0.29) is 18.2 Å². The summed E-state index contributed by atoms with van der Waals surface area (Å²) in [6.07, 6.45) is 4.67. The number of anilines is 1. The van der Waals surface area contributed by atoms with Crippen molar-refractivity contribution in [1.82, 2.24) is 20.5 Å². The monoisotopic (exact) mass is 421 g/mol. The van der Waals surface area contributed by atoms with Gasteiger partial charge in [-0.1, -0.05) is 6.07 Å². The van der Waals surface area contributed by atoms with Crippen molar-refractivity contribution in [3.05, 3.63) is 66.0 Å². The van der Waals surface area contributed by atoms with Crippen LogP contribution in [0.25, 0.3) is 6.08 Å². The van der Waals surface area contributed by atoms with E-state index in [1.165, 1.54) is 18.2 Å². The maximum atomic E-state index is 12.2. The third kappa shape index (κ3) is 6.58. The number of pyridine rings is 1. The molecule has 0 spiro atoms. The van der Waals surface area contributed by atoms with Crippen LogP contribution in [0, 0.1) is 0 Å². The Morgan fingerprint density at radius 3 is 2.42 bits per heavy atom. The van der Waals surface area contributed by atoms with E-state index in [0.29, 0.717) is 43.1 Å². The number of piperazine rings is 1. The van der Waals surface area contributed by atoms with Gasteiger partial charge in [0, 0.05) is 43.6 Å². The molecule has 0 atom stereocenters. The summed E-state index contributed by atoms with van der Waals surface area (Å²) in [5.74, 6) is -2.24. The van der Waals surface area contributed by atoms with E-state index in [9.17, 15) is 19.2 Å².